The fourth-order valence-electron chi connectivity index (χ4n) is 1.54. The maximum Gasteiger partial charge on any atom is 0.253 e. The van der Waals surface area contributed by atoms with Gasteiger partial charge < -0.3 is 10.1 Å². The fraction of sp³-hybridized carbons (Fsp3) is 0.562. The molecule has 0 spiro atoms. The van der Waals surface area contributed by atoms with E-state index in [1.54, 1.807) is 0 Å². The Hall–Kier alpha value is -1.35. The van der Waals surface area contributed by atoms with E-state index in [0.717, 1.165) is 0 Å². The minimum Gasteiger partial charge on any atom is -0.356 e. The Kier molecular flexibility index (Phi) is 4.75. The van der Waals surface area contributed by atoms with Gasteiger partial charge >= 0.3 is 0 Å². The van der Waals surface area contributed by atoms with E-state index in [9.17, 15) is 4.79 Å². The highest BCUT2D eigenvalue weighted by atomic mass is 16.5. The Morgan fingerprint density at radius 2 is 1.58 bits per heavy atom. The number of nitrogens with one attached hydrogen (secondary N) is 1. The number of hydrogen-bond acceptors (Lipinski definition) is 2. The first-order chi connectivity index (χ1) is 8.59. The number of amides is 1. The van der Waals surface area contributed by atoms with Crippen LogP contribution in [0.15, 0.2) is 24.3 Å². The second kappa shape index (κ2) is 5.74. The highest BCUT2D eigenvalue weighted by Crippen LogP contribution is 2.22. The number of benzene rings is 1. The van der Waals surface area contributed by atoms with Crippen LogP contribution < -0.4 is 5.32 Å². The summed E-state index contributed by atoms with van der Waals surface area (Å²) in [6.45, 7) is 12.5. The van der Waals surface area contributed by atoms with Gasteiger partial charge in [-0.3, -0.25) is 4.79 Å². The summed E-state index contributed by atoms with van der Waals surface area (Å²) in [5.41, 5.74) is 1.73. The molecular formula is C16H25NO2. The summed E-state index contributed by atoms with van der Waals surface area (Å²) in [5, 5.41) is 2.75. The third-order valence-electron chi connectivity index (χ3n) is 2.75. The van der Waals surface area contributed by atoms with E-state index >= 15 is 0 Å². The van der Waals surface area contributed by atoms with Crippen molar-refractivity contribution in [3.63, 3.8) is 0 Å². The largest absolute Gasteiger partial charge is 0.356 e. The molecule has 0 aromatic heterocycles. The van der Waals surface area contributed by atoms with Gasteiger partial charge in [0.25, 0.3) is 5.91 Å². The molecule has 1 N–H and O–H groups in total. The lowest BCUT2D eigenvalue weighted by Gasteiger charge is -2.20. The molecule has 0 bridgehead atoms. The molecule has 0 atom stereocenters. The lowest BCUT2D eigenvalue weighted by atomic mass is 9.87. The number of hydrogen-bond donors (Lipinski definition) is 1. The lowest BCUT2D eigenvalue weighted by Crippen LogP contribution is -2.31. The normalized spacial score (nSPS) is 12.3. The zero-order chi connectivity index (χ0) is 14.7. The fourth-order valence-corrected chi connectivity index (χ4v) is 1.54. The number of carbonyl (C=O) groups excluding carboxylic acids is 1. The molecule has 0 aliphatic carbocycles. The van der Waals surface area contributed by atoms with Gasteiger partial charge in [-0.25, -0.2) is 0 Å². The van der Waals surface area contributed by atoms with Gasteiger partial charge in [-0.05, 0) is 43.9 Å². The van der Waals surface area contributed by atoms with E-state index in [0.29, 0.717) is 5.56 Å². The predicted octanol–water partition coefficient (Wildman–Crippen LogP) is 3.49. The van der Waals surface area contributed by atoms with Crippen LogP contribution in [0.1, 0.15) is 57.5 Å². The minimum absolute atomic E-state index is 0.102. The monoisotopic (exact) mass is 263 g/mol. The van der Waals surface area contributed by atoms with Crippen LogP contribution >= 0.6 is 0 Å². The van der Waals surface area contributed by atoms with Crippen molar-refractivity contribution >= 4 is 5.91 Å². The van der Waals surface area contributed by atoms with Gasteiger partial charge in [-0.15, -0.1) is 0 Å². The van der Waals surface area contributed by atoms with Crippen LogP contribution in [0.4, 0.5) is 0 Å². The van der Waals surface area contributed by atoms with Crippen molar-refractivity contribution in [1.29, 1.82) is 0 Å². The van der Waals surface area contributed by atoms with Crippen LogP contribution in [0.25, 0.3) is 0 Å². The number of ether oxygens (including phenoxy) is 1. The Bertz CT molecular complexity index is 422. The molecule has 0 fully saturated rings. The molecule has 3 nitrogen and oxygen atoms in total. The topological polar surface area (TPSA) is 38.3 Å². The summed E-state index contributed by atoms with van der Waals surface area (Å²) in [6, 6.07) is 7.71. The molecule has 0 aliphatic heterocycles. The summed E-state index contributed by atoms with van der Waals surface area (Å²) in [5.74, 6) is -0.107. The Morgan fingerprint density at radius 3 is 2.00 bits per heavy atom. The third-order valence-corrected chi connectivity index (χ3v) is 2.75. The molecule has 0 heterocycles. The molecule has 0 radical (unpaired) electrons. The molecule has 0 saturated heterocycles. The Balaban J connectivity index is 2.59. The SMILES string of the molecule is CC(C)(C)OCNC(=O)c1ccc(C(C)(C)C)cc1. The molecule has 1 rings (SSSR count). The van der Waals surface area contributed by atoms with E-state index in [-0.39, 0.29) is 23.7 Å². The quantitative estimate of drug-likeness (QED) is 0.848. The first kappa shape index (κ1) is 15.7. The maximum atomic E-state index is 11.9. The highest BCUT2D eigenvalue weighted by Gasteiger charge is 2.15. The van der Waals surface area contributed by atoms with Crippen molar-refractivity contribution in [3.8, 4) is 0 Å². The summed E-state index contributed by atoms with van der Waals surface area (Å²) in [4.78, 5) is 11.9. The van der Waals surface area contributed by atoms with Gasteiger partial charge in [0.2, 0.25) is 0 Å². The molecule has 0 aliphatic rings. The predicted molar refractivity (Wildman–Crippen MR) is 78.3 cm³/mol. The van der Waals surface area contributed by atoms with Crippen LogP contribution in [0.5, 0.6) is 0 Å². The molecule has 1 aromatic carbocycles. The van der Waals surface area contributed by atoms with Gasteiger partial charge in [0, 0.05) is 5.56 Å². The van der Waals surface area contributed by atoms with Crippen molar-refractivity contribution in [2.24, 2.45) is 0 Å². The van der Waals surface area contributed by atoms with E-state index < -0.39 is 0 Å². The van der Waals surface area contributed by atoms with Crippen molar-refractivity contribution in [1.82, 2.24) is 5.32 Å². The standard InChI is InChI=1S/C16H25NO2/c1-15(2,3)13-9-7-12(8-10-13)14(18)17-11-19-16(4,5)6/h7-10H,11H2,1-6H3,(H,17,18). The summed E-state index contributed by atoms with van der Waals surface area (Å²) in [7, 11) is 0. The van der Waals surface area contributed by atoms with E-state index in [1.165, 1.54) is 5.56 Å². The molecule has 1 amide bonds. The smallest absolute Gasteiger partial charge is 0.253 e. The molecule has 0 unspecified atom stereocenters. The third kappa shape index (κ3) is 5.43. The molecule has 3 heteroatoms. The molecule has 1 aromatic rings. The zero-order valence-electron chi connectivity index (χ0n) is 12.8. The molecular weight excluding hydrogens is 238 g/mol. The Labute approximate surface area is 116 Å². The van der Waals surface area contributed by atoms with Gasteiger partial charge in [0.05, 0.1) is 5.60 Å². The van der Waals surface area contributed by atoms with Crippen molar-refractivity contribution in [2.75, 3.05) is 6.73 Å². The van der Waals surface area contributed by atoms with Gasteiger partial charge in [-0.2, -0.15) is 0 Å². The van der Waals surface area contributed by atoms with Gasteiger partial charge in [0.1, 0.15) is 6.73 Å². The first-order valence-corrected chi connectivity index (χ1v) is 6.62. The van der Waals surface area contributed by atoms with Crippen molar-refractivity contribution in [2.45, 2.75) is 52.6 Å². The maximum absolute atomic E-state index is 11.9. The first-order valence-electron chi connectivity index (χ1n) is 6.62. The second-order valence-corrected chi connectivity index (χ2v) is 6.73. The van der Waals surface area contributed by atoms with Crippen LogP contribution in [0, 0.1) is 0 Å². The van der Waals surface area contributed by atoms with Crippen molar-refractivity contribution in [3.05, 3.63) is 35.4 Å². The lowest BCUT2D eigenvalue weighted by molar-refractivity contribution is -0.0111. The van der Waals surface area contributed by atoms with Crippen LogP contribution in [-0.2, 0) is 10.2 Å². The molecule has 106 valence electrons. The van der Waals surface area contributed by atoms with Gasteiger partial charge in [-0.1, -0.05) is 32.9 Å². The van der Waals surface area contributed by atoms with E-state index in [4.69, 9.17) is 4.74 Å². The molecule has 0 saturated carbocycles. The van der Waals surface area contributed by atoms with Crippen molar-refractivity contribution < 1.29 is 9.53 Å². The average molecular weight is 263 g/mol. The summed E-state index contributed by atoms with van der Waals surface area (Å²) >= 11 is 0. The van der Waals surface area contributed by atoms with Crippen LogP contribution in [0.3, 0.4) is 0 Å². The minimum atomic E-state index is -0.247. The highest BCUT2D eigenvalue weighted by molar-refractivity contribution is 5.94. The summed E-state index contributed by atoms with van der Waals surface area (Å²) < 4.78 is 5.47. The number of carbonyl (C=O) groups is 1. The van der Waals surface area contributed by atoms with E-state index in [1.807, 2.05) is 45.0 Å². The average Bonchev–Trinajstić information content (AvgIpc) is 2.26. The van der Waals surface area contributed by atoms with E-state index in [2.05, 4.69) is 26.1 Å². The second-order valence-electron chi connectivity index (χ2n) is 6.73. The molecule has 19 heavy (non-hydrogen) atoms. The van der Waals surface area contributed by atoms with Crippen LogP contribution in [-0.4, -0.2) is 18.2 Å². The number of rotatable bonds is 3. The zero-order valence-corrected chi connectivity index (χ0v) is 12.8. The van der Waals surface area contributed by atoms with Gasteiger partial charge in [0.15, 0.2) is 0 Å². The summed E-state index contributed by atoms with van der Waals surface area (Å²) in [6.07, 6.45) is 0. The van der Waals surface area contributed by atoms with Crippen LogP contribution in [0.2, 0.25) is 0 Å². The Morgan fingerprint density at radius 1 is 1.05 bits per heavy atom.